The average Bonchev–Trinajstić information content (AvgIpc) is 2.88. The first kappa shape index (κ1) is 31.6. The highest BCUT2D eigenvalue weighted by atomic mass is 127. The van der Waals surface area contributed by atoms with Crippen LogP contribution in [0, 0.1) is 10.7 Å². The summed E-state index contributed by atoms with van der Waals surface area (Å²) in [5.41, 5.74) is 0.288. The molecule has 2 heterocycles. The molecule has 0 spiro atoms. The fraction of sp³-hybridized carbons (Fsp3) is 0.650. The van der Waals surface area contributed by atoms with Crippen molar-refractivity contribution in [1.82, 2.24) is 0 Å². The van der Waals surface area contributed by atoms with Gasteiger partial charge in [-0.15, -0.1) is 0 Å². The molecule has 37 heavy (non-hydrogen) atoms. The SMILES string of the molecule is CN(C=O)c1c(I)c(OC2OC(CO)C(O)C(O)C2O)c(I)c(OC2OC(CO)C(O)C(O)C2O)c1I. The van der Waals surface area contributed by atoms with E-state index in [4.69, 9.17) is 18.9 Å². The number of benzene rings is 1. The molecule has 1 amide bonds. The molecular weight excluding hydrogens is 843 g/mol. The molecule has 210 valence electrons. The van der Waals surface area contributed by atoms with Crippen molar-refractivity contribution in [3.63, 3.8) is 0 Å². The van der Waals surface area contributed by atoms with E-state index in [0.717, 1.165) is 0 Å². The quantitative estimate of drug-likeness (QED) is 0.0999. The molecule has 2 aliphatic rings. The smallest absolute Gasteiger partial charge is 0.229 e. The zero-order valence-corrected chi connectivity index (χ0v) is 25.4. The Bertz CT molecular complexity index is 905. The summed E-state index contributed by atoms with van der Waals surface area (Å²) in [6.45, 7) is -1.34. The van der Waals surface area contributed by atoms with Crippen molar-refractivity contribution in [3.8, 4) is 11.5 Å². The molecule has 1 aromatic rings. The number of carbonyl (C=O) groups excluding carboxylic acids is 1. The third kappa shape index (κ3) is 6.22. The van der Waals surface area contributed by atoms with Gasteiger partial charge < -0.3 is 64.7 Å². The van der Waals surface area contributed by atoms with Gasteiger partial charge >= 0.3 is 0 Å². The van der Waals surface area contributed by atoms with Crippen molar-refractivity contribution in [2.45, 2.75) is 61.4 Å². The zero-order chi connectivity index (χ0) is 27.8. The minimum Gasteiger partial charge on any atom is -0.460 e. The minimum absolute atomic E-state index is 0.0224. The second-order valence-corrected chi connectivity index (χ2v) is 11.5. The lowest BCUT2D eigenvalue weighted by atomic mass is 9.99. The van der Waals surface area contributed by atoms with Gasteiger partial charge in [-0.25, -0.2) is 0 Å². The van der Waals surface area contributed by atoms with Gasteiger partial charge in [-0.2, -0.15) is 0 Å². The van der Waals surface area contributed by atoms with Crippen LogP contribution >= 0.6 is 67.8 Å². The van der Waals surface area contributed by atoms with Gasteiger partial charge in [0, 0.05) is 7.05 Å². The summed E-state index contributed by atoms with van der Waals surface area (Å²) in [6.07, 6.45) is -15.1. The van der Waals surface area contributed by atoms with Crippen LogP contribution in [0.1, 0.15) is 0 Å². The van der Waals surface area contributed by atoms with Crippen LogP contribution in [0.25, 0.3) is 0 Å². The lowest BCUT2D eigenvalue weighted by Crippen LogP contribution is -2.60. The number of halogens is 3. The first-order valence-electron chi connectivity index (χ1n) is 10.7. The predicted molar refractivity (Wildman–Crippen MR) is 148 cm³/mol. The van der Waals surface area contributed by atoms with E-state index in [0.29, 0.717) is 13.6 Å². The fourth-order valence-electron chi connectivity index (χ4n) is 3.74. The molecule has 10 atom stereocenters. The van der Waals surface area contributed by atoms with E-state index in [9.17, 15) is 45.6 Å². The Balaban J connectivity index is 2.06. The Morgan fingerprint density at radius 3 is 1.43 bits per heavy atom. The Morgan fingerprint density at radius 1 is 0.730 bits per heavy atom. The number of carbonyl (C=O) groups is 1. The number of ether oxygens (including phenoxy) is 4. The maximum Gasteiger partial charge on any atom is 0.229 e. The molecule has 0 aromatic heterocycles. The number of hydrogen-bond donors (Lipinski definition) is 8. The van der Waals surface area contributed by atoms with Gasteiger partial charge in [-0.1, -0.05) is 0 Å². The van der Waals surface area contributed by atoms with Crippen molar-refractivity contribution >= 4 is 79.9 Å². The maximum absolute atomic E-state index is 11.7. The van der Waals surface area contributed by atoms with E-state index in [-0.39, 0.29) is 20.8 Å². The Morgan fingerprint density at radius 2 is 1.11 bits per heavy atom. The van der Waals surface area contributed by atoms with E-state index >= 15 is 0 Å². The summed E-state index contributed by atoms with van der Waals surface area (Å²) >= 11 is 5.61. The van der Waals surface area contributed by atoms with Gasteiger partial charge in [0.2, 0.25) is 19.0 Å². The molecule has 0 bridgehead atoms. The molecule has 0 saturated carbocycles. The van der Waals surface area contributed by atoms with Crippen LogP contribution in [0.3, 0.4) is 0 Å². The normalized spacial score (nSPS) is 36.2. The first-order chi connectivity index (χ1) is 17.4. The van der Waals surface area contributed by atoms with Gasteiger partial charge in [0.05, 0.1) is 29.6 Å². The molecule has 2 aliphatic heterocycles. The van der Waals surface area contributed by atoms with Crippen LogP contribution in [0.15, 0.2) is 0 Å². The summed E-state index contributed by atoms with van der Waals surface area (Å²) in [5.74, 6) is 0.0449. The number of hydrogen-bond acceptors (Lipinski definition) is 13. The molecule has 3 rings (SSSR count). The highest BCUT2D eigenvalue weighted by Crippen LogP contribution is 2.47. The summed E-state index contributed by atoms with van der Waals surface area (Å²) in [6, 6.07) is 0. The van der Waals surface area contributed by atoms with Crippen molar-refractivity contribution < 1.29 is 64.6 Å². The number of nitrogens with zero attached hydrogens (tertiary/aromatic N) is 1. The predicted octanol–water partition coefficient (Wildman–Crippen LogP) is -2.55. The first-order valence-corrected chi connectivity index (χ1v) is 14.0. The number of amides is 1. The van der Waals surface area contributed by atoms with E-state index in [2.05, 4.69) is 0 Å². The van der Waals surface area contributed by atoms with Crippen LogP contribution in [-0.2, 0) is 14.3 Å². The largest absolute Gasteiger partial charge is 0.460 e. The van der Waals surface area contributed by atoms with Gasteiger partial charge in [0.15, 0.2) is 11.5 Å². The van der Waals surface area contributed by atoms with Gasteiger partial charge in [0.1, 0.15) is 48.8 Å². The van der Waals surface area contributed by atoms with Crippen LogP contribution in [0.5, 0.6) is 11.5 Å². The molecule has 0 aliphatic carbocycles. The molecular formula is C20H26I3NO13. The molecule has 1 aromatic carbocycles. The van der Waals surface area contributed by atoms with Crippen LogP contribution in [0.2, 0.25) is 0 Å². The van der Waals surface area contributed by atoms with Crippen LogP contribution in [-0.4, -0.2) is 129 Å². The van der Waals surface area contributed by atoms with E-state index in [1.54, 1.807) is 0 Å². The monoisotopic (exact) mass is 869 g/mol. The number of rotatable bonds is 8. The highest BCUT2D eigenvalue weighted by Gasteiger charge is 2.47. The molecule has 10 unspecified atom stereocenters. The van der Waals surface area contributed by atoms with Crippen molar-refractivity contribution in [2.24, 2.45) is 0 Å². The number of aliphatic hydroxyl groups excluding tert-OH is 8. The van der Waals surface area contributed by atoms with Crippen molar-refractivity contribution in [1.29, 1.82) is 0 Å². The molecule has 8 N–H and O–H groups in total. The zero-order valence-electron chi connectivity index (χ0n) is 19.0. The maximum atomic E-state index is 11.7. The van der Waals surface area contributed by atoms with Crippen LogP contribution in [0.4, 0.5) is 5.69 Å². The minimum atomic E-state index is -1.72. The fourth-order valence-corrected chi connectivity index (χ4v) is 8.17. The van der Waals surface area contributed by atoms with E-state index in [1.807, 2.05) is 67.8 Å². The number of anilines is 1. The standard InChI is InChI=1S/C20H26I3NO13/c1-24(4-27)10-7(21)17(36-19-15(32)13(30)11(28)5(2-25)34-19)9(23)18(8(10)22)37-20-16(33)14(31)12(29)6(3-26)35-20/h4-6,11-16,19-20,25-26,28-33H,2-3H2,1H3. The Labute approximate surface area is 251 Å². The molecule has 2 saturated heterocycles. The summed E-state index contributed by atoms with van der Waals surface area (Å²) in [4.78, 5) is 12.9. The van der Waals surface area contributed by atoms with Gasteiger partial charge in [-0.3, -0.25) is 4.79 Å². The highest BCUT2D eigenvalue weighted by molar-refractivity contribution is 14.1. The summed E-state index contributed by atoms with van der Waals surface area (Å²) in [5, 5.41) is 80.2. The van der Waals surface area contributed by atoms with Gasteiger partial charge in [-0.05, 0) is 67.8 Å². The van der Waals surface area contributed by atoms with Crippen molar-refractivity contribution in [2.75, 3.05) is 25.2 Å². The molecule has 2 fully saturated rings. The Kier molecular flexibility index (Phi) is 11.2. The third-order valence-electron chi connectivity index (χ3n) is 5.89. The molecule has 14 nitrogen and oxygen atoms in total. The molecule has 17 heteroatoms. The van der Waals surface area contributed by atoms with Crippen molar-refractivity contribution in [3.05, 3.63) is 10.7 Å². The number of aliphatic hydroxyl groups is 8. The summed E-state index contributed by atoms with van der Waals surface area (Å²) < 4.78 is 23.6. The second-order valence-electron chi connectivity index (χ2n) is 8.30. The lowest BCUT2D eigenvalue weighted by molar-refractivity contribution is -0.279. The topological polar surface area (TPSA) is 219 Å². The van der Waals surface area contributed by atoms with Gasteiger partial charge in [0.25, 0.3) is 0 Å². The van der Waals surface area contributed by atoms with E-state index < -0.39 is 74.6 Å². The second kappa shape index (κ2) is 13.2. The van der Waals surface area contributed by atoms with E-state index in [1.165, 1.54) is 11.9 Å². The summed E-state index contributed by atoms with van der Waals surface area (Å²) in [7, 11) is 1.45. The Hall–Kier alpha value is 0.0800. The average molecular weight is 869 g/mol. The lowest BCUT2D eigenvalue weighted by Gasteiger charge is -2.41. The van der Waals surface area contributed by atoms with Crippen LogP contribution < -0.4 is 14.4 Å². The molecule has 0 radical (unpaired) electrons. The third-order valence-corrected chi connectivity index (χ3v) is 8.87.